The first kappa shape index (κ1) is 11.8. The van der Waals surface area contributed by atoms with Gasteiger partial charge in [0.2, 0.25) is 0 Å². The molecule has 88 valence electrons. The van der Waals surface area contributed by atoms with Gasteiger partial charge in [-0.05, 0) is 42.7 Å². The van der Waals surface area contributed by atoms with E-state index in [1.807, 2.05) is 44.2 Å². The van der Waals surface area contributed by atoms with Crippen molar-refractivity contribution in [1.29, 1.82) is 0 Å². The van der Waals surface area contributed by atoms with Crippen LogP contribution >= 0.6 is 0 Å². The van der Waals surface area contributed by atoms with Gasteiger partial charge < -0.3 is 5.73 Å². The van der Waals surface area contributed by atoms with Crippen LogP contribution in [0.5, 0.6) is 0 Å². The van der Waals surface area contributed by atoms with E-state index < -0.39 is 0 Å². The molecule has 0 aliphatic rings. The van der Waals surface area contributed by atoms with Crippen LogP contribution in [0.15, 0.2) is 42.5 Å². The van der Waals surface area contributed by atoms with E-state index in [0.717, 1.165) is 16.7 Å². The second-order valence-corrected chi connectivity index (χ2v) is 4.45. The molecule has 0 heterocycles. The molecule has 2 N–H and O–H groups in total. The van der Waals surface area contributed by atoms with Crippen molar-refractivity contribution in [2.75, 3.05) is 0 Å². The molecule has 0 aliphatic heterocycles. The van der Waals surface area contributed by atoms with E-state index in [9.17, 15) is 4.39 Å². The Labute approximate surface area is 101 Å². The van der Waals surface area contributed by atoms with Gasteiger partial charge in [-0.15, -0.1) is 0 Å². The Morgan fingerprint density at radius 1 is 0.882 bits per heavy atom. The summed E-state index contributed by atoms with van der Waals surface area (Å²) in [5, 5.41) is 0. The second kappa shape index (κ2) is 4.68. The molecule has 17 heavy (non-hydrogen) atoms. The highest BCUT2D eigenvalue weighted by Crippen LogP contribution is 2.21. The van der Waals surface area contributed by atoms with Crippen LogP contribution < -0.4 is 5.73 Å². The lowest BCUT2D eigenvalue weighted by atomic mass is 9.97. The Hall–Kier alpha value is -1.67. The third kappa shape index (κ3) is 2.71. The largest absolute Gasteiger partial charge is 0.320 e. The highest BCUT2D eigenvalue weighted by molar-refractivity contribution is 5.35. The summed E-state index contributed by atoms with van der Waals surface area (Å²) in [6.45, 7) is 3.90. The van der Waals surface area contributed by atoms with Crippen molar-refractivity contribution in [2.24, 2.45) is 5.73 Å². The fraction of sp³-hybridized carbons (Fsp3) is 0.200. The van der Waals surface area contributed by atoms with Gasteiger partial charge in [0, 0.05) is 0 Å². The number of aryl methyl sites for hydroxylation is 2. The van der Waals surface area contributed by atoms with Gasteiger partial charge in [-0.1, -0.05) is 35.9 Å². The summed E-state index contributed by atoms with van der Waals surface area (Å²) in [5.74, 6) is -0.234. The van der Waals surface area contributed by atoms with Crippen LogP contribution in [-0.2, 0) is 0 Å². The molecule has 1 nitrogen and oxygen atoms in total. The Kier molecular flexibility index (Phi) is 3.25. The SMILES string of the molecule is Cc1ccc(C(N)c2cc(C)cc(F)c2)cc1. The third-order valence-corrected chi connectivity index (χ3v) is 2.86. The number of hydrogen-bond acceptors (Lipinski definition) is 1. The van der Waals surface area contributed by atoms with E-state index in [0.29, 0.717) is 0 Å². The fourth-order valence-corrected chi connectivity index (χ4v) is 1.91. The average Bonchev–Trinajstić information content (AvgIpc) is 2.28. The number of benzene rings is 2. The molecule has 2 rings (SSSR count). The Morgan fingerprint density at radius 3 is 2.12 bits per heavy atom. The van der Waals surface area contributed by atoms with Gasteiger partial charge >= 0.3 is 0 Å². The maximum absolute atomic E-state index is 13.3. The first-order valence-corrected chi connectivity index (χ1v) is 5.65. The lowest BCUT2D eigenvalue weighted by Gasteiger charge is -2.13. The van der Waals surface area contributed by atoms with Crippen LogP contribution in [-0.4, -0.2) is 0 Å². The molecule has 0 bridgehead atoms. The minimum atomic E-state index is -0.273. The van der Waals surface area contributed by atoms with E-state index in [2.05, 4.69) is 0 Å². The van der Waals surface area contributed by atoms with Gasteiger partial charge in [0.1, 0.15) is 5.82 Å². The van der Waals surface area contributed by atoms with E-state index in [-0.39, 0.29) is 11.9 Å². The summed E-state index contributed by atoms with van der Waals surface area (Å²) in [6, 6.07) is 12.7. The number of halogens is 1. The lowest BCUT2D eigenvalue weighted by molar-refractivity contribution is 0.622. The van der Waals surface area contributed by atoms with E-state index >= 15 is 0 Å². The maximum Gasteiger partial charge on any atom is 0.123 e. The normalized spacial score (nSPS) is 12.5. The van der Waals surface area contributed by atoms with Gasteiger partial charge in [-0.25, -0.2) is 4.39 Å². The summed E-state index contributed by atoms with van der Waals surface area (Å²) < 4.78 is 13.3. The van der Waals surface area contributed by atoms with Crippen LogP contribution in [0.3, 0.4) is 0 Å². The Bertz CT molecular complexity index is 497. The van der Waals surface area contributed by atoms with Crippen molar-refractivity contribution in [1.82, 2.24) is 0 Å². The van der Waals surface area contributed by atoms with E-state index in [1.54, 1.807) is 0 Å². The number of hydrogen-bond donors (Lipinski definition) is 1. The molecule has 0 fully saturated rings. The predicted octanol–water partition coefficient (Wildman–Crippen LogP) is 3.49. The van der Waals surface area contributed by atoms with Gasteiger partial charge in [0.25, 0.3) is 0 Å². The fourth-order valence-electron chi connectivity index (χ4n) is 1.91. The van der Waals surface area contributed by atoms with Crippen molar-refractivity contribution < 1.29 is 4.39 Å². The molecule has 0 saturated heterocycles. The smallest absolute Gasteiger partial charge is 0.123 e. The van der Waals surface area contributed by atoms with E-state index in [4.69, 9.17) is 5.73 Å². The highest BCUT2D eigenvalue weighted by atomic mass is 19.1. The van der Waals surface area contributed by atoms with Crippen LogP contribution in [0, 0.1) is 19.7 Å². The Balaban J connectivity index is 2.36. The molecule has 0 spiro atoms. The quantitative estimate of drug-likeness (QED) is 0.838. The summed E-state index contributed by atoms with van der Waals surface area (Å²) in [5.41, 5.74) is 10.0. The minimum Gasteiger partial charge on any atom is -0.320 e. The zero-order valence-corrected chi connectivity index (χ0v) is 10.1. The summed E-state index contributed by atoms with van der Waals surface area (Å²) in [7, 11) is 0. The average molecular weight is 229 g/mol. The van der Waals surface area contributed by atoms with Crippen LogP contribution in [0.1, 0.15) is 28.3 Å². The summed E-state index contributed by atoms with van der Waals surface area (Å²) >= 11 is 0. The maximum atomic E-state index is 13.3. The van der Waals surface area contributed by atoms with Crippen molar-refractivity contribution in [3.8, 4) is 0 Å². The van der Waals surface area contributed by atoms with Crippen LogP contribution in [0.25, 0.3) is 0 Å². The zero-order valence-electron chi connectivity index (χ0n) is 10.1. The predicted molar refractivity (Wildman–Crippen MR) is 68.3 cm³/mol. The molecular formula is C15H16FN. The first-order chi connectivity index (χ1) is 8.06. The van der Waals surface area contributed by atoms with Crippen LogP contribution in [0.4, 0.5) is 4.39 Å². The zero-order chi connectivity index (χ0) is 12.4. The number of nitrogens with two attached hydrogens (primary N) is 1. The molecule has 0 radical (unpaired) electrons. The van der Waals surface area contributed by atoms with Gasteiger partial charge in [-0.3, -0.25) is 0 Å². The summed E-state index contributed by atoms with van der Waals surface area (Å²) in [6.07, 6.45) is 0. The first-order valence-electron chi connectivity index (χ1n) is 5.65. The van der Waals surface area contributed by atoms with Gasteiger partial charge in [-0.2, -0.15) is 0 Å². The van der Waals surface area contributed by atoms with Gasteiger partial charge in [0.05, 0.1) is 6.04 Å². The molecule has 1 atom stereocenters. The molecule has 2 aromatic carbocycles. The van der Waals surface area contributed by atoms with Crippen molar-refractivity contribution in [3.63, 3.8) is 0 Å². The molecule has 2 aromatic rings. The highest BCUT2D eigenvalue weighted by Gasteiger charge is 2.10. The third-order valence-electron chi connectivity index (χ3n) is 2.86. The molecule has 0 aromatic heterocycles. The second-order valence-electron chi connectivity index (χ2n) is 4.45. The molecule has 1 unspecified atom stereocenters. The molecule has 0 amide bonds. The standard InChI is InChI=1S/C15H16FN/c1-10-3-5-12(6-4-10)15(17)13-7-11(2)8-14(16)9-13/h3-9,15H,17H2,1-2H3. The Morgan fingerprint density at radius 2 is 1.53 bits per heavy atom. The van der Waals surface area contributed by atoms with E-state index in [1.165, 1.54) is 17.7 Å². The number of rotatable bonds is 2. The topological polar surface area (TPSA) is 26.0 Å². The van der Waals surface area contributed by atoms with Crippen molar-refractivity contribution in [3.05, 3.63) is 70.5 Å². The monoisotopic (exact) mass is 229 g/mol. The van der Waals surface area contributed by atoms with Crippen molar-refractivity contribution >= 4 is 0 Å². The molecule has 2 heteroatoms. The summed E-state index contributed by atoms with van der Waals surface area (Å²) in [4.78, 5) is 0. The van der Waals surface area contributed by atoms with Gasteiger partial charge in [0.15, 0.2) is 0 Å². The lowest BCUT2D eigenvalue weighted by Crippen LogP contribution is -2.12. The minimum absolute atomic E-state index is 0.234. The van der Waals surface area contributed by atoms with Crippen molar-refractivity contribution in [2.45, 2.75) is 19.9 Å². The molecule has 0 saturated carbocycles. The molecule has 0 aliphatic carbocycles. The van der Waals surface area contributed by atoms with Crippen LogP contribution in [0.2, 0.25) is 0 Å². The molecular weight excluding hydrogens is 213 g/mol.